The highest BCUT2D eigenvalue weighted by molar-refractivity contribution is 14.0. The van der Waals surface area contributed by atoms with Gasteiger partial charge in [0.2, 0.25) is 0 Å². The normalized spacial score (nSPS) is 9.77. The van der Waals surface area contributed by atoms with E-state index in [1.165, 1.54) is 0 Å². The summed E-state index contributed by atoms with van der Waals surface area (Å²) in [6.45, 7) is 6.14. The van der Waals surface area contributed by atoms with Crippen molar-refractivity contribution < 1.29 is 4.39 Å². The highest BCUT2D eigenvalue weighted by Gasteiger charge is 2.09. The van der Waals surface area contributed by atoms with Gasteiger partial charge in [-0.1, -0.05) is 6.07 Å². The molecule has 0 spiro atoms. The summed E-state index contributed by atoms with van der Waals surface area (Å²) in [5, 5.41) is 0. The van der Waals surface area contributed by atoms with Crippen LogP contribution in [0.4, 0.5) is 10.1 Å². The van der Waals surface area contributed by atoms with Gasteiger partial charge in [-0.3, -0.25) is 0 Å². The van der Waals surface area contributed by atoms with E-state index < -0.39 is 0 Å². The molecule has 0 atom stereocenters. The van der Waals surface area contributed by atoms with E-state index in [4.69, 9.17) is 0 Å². The monoisotopic (exact) mass is 422 g/mol. The Morgan fingerprint density at radius 2 is 1.59 bits per heavy atom. The van der Waals surface area contributed by atoms with E-state index in [0.29, 0.717) is 12.2 Å². The van der Waals surface area contributed by atoms with Crippen molar-refractivity contribution in [1.82, 2.24) is 9.80 Å². The van der Waals surface area contributed by atoms with Crippen LogP contribution in [0, 0.1) is 5.82 Å². The Hall–Kier alpha value is -1.05. The van der Waals surface area contributed by atoms with Crippen molar-refractivity contribution in [3.05, 3.63) is 29.6 Å². The van der Waals surface area contributed by atoms with Crippen LogP contribution in [0.2, 0.25) is 0 Å². The highest BCUT2D eigenvalue weighted by atomic mass is 127. The molecule has 0 saturated heterocycles. The van der Waals surface area contributed by atoms with E-state index in [1.54, 1.807) is 6.07 Å². The summed E-state index contributed by atoms with van der Waals surface area (Å²) in [6.07, 6.45) is 0. The third-order valence-corrected chi connectivity index (χ3v) is 3.32. The lowest BCUT2D eigenvalue weighted by Gasteiger charge is -2.23. The summed E-state index contributed by atoms with van der Waals surface area (Å²) in [7, 11) is 7.79. The molecule has 1 aromatic rings. The molecule has 0 aliphatic carbocycles. The van der Waals surface area contributed by atoms with Crippen molar-refractivity contribution in [1.29, 1.82) is 0 Å². The molecule has 1 aromatic carbocycles. The largest absolute Gasteiger partial charge is 0.370 e. The summed E-state index contributed by atoms with van der Waals surface area (Å²) >= 11 is 0. The fourth-order valence-corrected chi connectivity index (χ4v) is 2.31. The second-order valence-corrected chi connectivity index (χ2v) is 5.36. The molecule has 0 unspecified atom stereocenters. The number of guanidine groups is 1. The number of benzene rings is 1. The van der Waals surface area contributed by atoms with Crippen molar-refractivity contribution in [2.45, 2.75) is 20.4 Å². The van der Waals surface area contributed by atoms with Crippen LogP contribution >= 0.6 is 24.0 Å². The molecule has 1 rings (SSSR count). The van der Waals surface area contributed by atoms with Crippen LogP contribution in [0.25, 0.3) is 0 Å². The third-order valence-electron chi connectivity index (χ3n) is 3.32. The van der Waals surface area contributed by atoms with E-state index in [-0.39, 0.29) is 29.8 Å². The van der Waals surface area contributed by atoms with Crippen molar-refractivity contribution in [3.8, 4) is 0 Å². The average molecular weight is 422 g/mol. The number of hydrogen-bond donors (Lipinski definition) is 0. The van der Waals surface area contributed by atoms with E-state index in [1.807, 2.05) is 68.9 Å². The van der Waals surface area contributed by atoms with Crippen LogP contribution < -0.4 is 4.90 Å². The molecule has 0 amide bonds. The number of aliphatic imine (C=N–C) groups is 1. The molecule has 0 heterocycles. The maximum Gasteiger partial charge on any atom is 0.195 e. The van der Waals surface area contributed by atoms with Crippen LogP contribution in [-0.4, -0.2) is 57.0 Å². The Morgan fingerprint density at radius 1 is 1.05 bits per heavy atom. The van der Waals surface area contributed by atoms with Gasteiger partial charge >= 0.3 is 0 Å². The molecular weight excluding hydrogens is 394 g/mol. The predicted molar refractivity (Wildman–Crippen MR) is 104 cm³/mol. The van der Waals surface area contributed by atoms with Crippen molar-refractivity contribution in [2.75, 3.05) is 46.2 Å². The topological polar surface area (TPSA) is 22.1 Å². The number of nitrogens with zero attached hydrogens (tertiary/aromatic N) is 4. The number of hydrogen-bond acceptors (Lipinski definition) is 2. The van der Waals surface area contributed by atoms with Gasteiger partial charge in [0.15, 0.2) is 5.96 Å². The smallest absolute Gasteiger partial charge is 0.195 e. The average Bonchev–Trinajstić information content (AvgIpc) is 2.41. The first-order valence-electron chi connectivity index (χ1n) is 7.33. The quantitative estimate of drug-likeness (QED) is 0.413. The molecule has 0 aliphatic rings. The van der Waals surface area contributed by atoms with Crippen molar-refractivity contribution in [2.24, 2.45) is 4.99 Å². The Kier molecular flexibility index (Phi) is 9.39. The Balaban J connectivity index is 0.00000441. The van der Waals surface area contributed by atoms with Gasteiger partial charge in [0.1, 0.15) is 5.82 Å². The first-order valence-corrected chi connectivity index (χ1v) is 7.33. The third kappa shape index (κ3) is 5.62. The number of rotatable bonds is 5. The summed E-state index contributed by atoms with van der Waals surface area (Å²) in [5.41, 5.74) is 1.54. The molecule has 22 heavy (non-hydrogen) atoms. The SMILES string of the molecule is CCN(CC)c1ccc(CN=C(N(C)C)N(C)C)cc1F.I. The molecule has 0 radical (unpaired) electrons. The molecule has 6 heteroatoms. The van der Waals surface area contributed by atoms with Gasteiger partial charge in [-0.25, -0.2) is 9.38 Å². The van der Waals surface area contributed by atoms with Gasteiger partial charge < -0.3 is 14.7 Å². The van der Waals surface area contributed by atoms with Crippen LogP contribution in [0.5, 0.6) is 0 Å². The zero-order chi connectivity index (χ0) is 16.0. The Labute approximate surface area is 151 Å². The van der Waals surface area contributed by atoms with Gasteiger partial charge in [-0.2, -0.15) is 0 Å². The van der Waals surface area contributed by atoms with E-state index in [0.717, 1.165) is 24.6 Å². The van der Waals surface area contributed by atoms with Gasteiger partial charge in [-0.15, -0.1) is 24.0 Å². The first-order chi connectivity index (χ1) is 9.90. The maximum absolute atomic E-state index is 14.2. The molecule has 4 nitrogen and oxygen atoms in total. The van der Waals surface area contributed by atoms with Crippen molar-refractivity contribution >= 4 is 35.6 Å². The van der Waals surface area contributed by atoms with Crippen LogP contribution in [0.15, 0.2) is 23.2 Å². The molecular formula is C16H28FIN4. The van der Waals surface area contributed by atoms with Crippen LogP contribution in [-0.2, 0) is 6.54 Å². The lowest BCUT2D eigenvalue weighted by atomic mass is 10.2. The van der Waals surface area contributed by atoms with Crippen molar-refractivity contribution in [3.63, 3.8) is 0 Å². The standard InChI is InChI=1S/C16H27FN4.HI/c1-7-21(8-2)15-10-9-13(11-14(15)17)12-18-16(19(3)4)20(5)6;/h9-11H,7-8,12H2,1-6H3;1H. The molecule has 0 bridgehead atoms. The summed E-state index contributed by atoms with van der Waals surface area (Å²) < 4.78 is 14.2. The molecule has 0 saturated carbocycles. The lowest BCUT2D eigenvalue weighted by Crippen LogP contribution is -2.35. The summed E-state index contributed by atoms with van der Waals surface area (Å²) in [4.78, 5) is 10.4. The van der Waals surface area contributed by atoms with Crippen LogP contribution in [0.3, 0.4) is 0 Å². The van der Waals surface area contributed by atoms with Gasteiger partial charge in [0.05, 0.1) is 12.2 Å². The second kappa shape index (κ2) is 9.86. The number of anilines is 1. The lowest BCUT2D eigenvalue weighted by molar-refractivity contribution is 0.479. The fraction of sp³-hybridized carbons (Fsp3) is 0.562. The Morgan fingerprint density at radius 3 is 2.00 bits per heavy atom. The van der Waals surface area contributed by atoms with Gasteiger partial charge in [0, 0.05) is 41.3 Å². The molecule has 126 valence electrons. The fourth-order valence-electron chi connectivity index (χ4n) is 2.31. The zero-order valence-corrected chi connectivity index (χ0v) is 16.8. The second-order valence-electron chi connectivity index (χ2n) is 5.36. The van der Waals surface area contributed by atoms with Gasteiger partial charge in [-0.05, 0) is 31.5 Å². The van der Waals surface area contributed by atoms with E-state index in [2.05, 4.69) is 4.99 Å². The minimum Gasteiger partial charge on any atom is -0.370 e. The highest BCUT2D eigenvalue weighted by Crippen LogP contribution is 2.20. The molecule has 0 fully saturated rings. The molecule has 0 aromatic heterocycles. The van der Waals surface area contributed by atoms with E-state index in [9.17, 15) is 4.39 Å². The van der Waals surface area contributed by atoms with Crippen LogP contribution in [0.1, 0.15) is 19.4 Å². The summed E-state index contributed by atoms with van der Waals surface area (Å²) in [6, 6.07) is 5.38. The molecule has 0 N–H and O–H groups in total. The minimum atomic E-state index is -0.178. The molecule has 0 aliphatic heterocycles. The number of halogens is 2. The maximum atomic E-state index is 14.2. The summed E-state index contributed by atoms with van der Waals surface area (Å²) in [5.74, 6) is 0.686. The zero-order valence-electron chi connectivity index (χ0n) is 14.4. The minimum absolute atomic E-state index is 0. The van der Waals surface area contributed by atoms with Gasteiger partial charge in [0.25, 0.3) is 0 Å². The first kappa shape index (κ1) is 20.9. The predicted octanol–water partition coefficient (Wildman–Crippen LogP) is 3.27. The Bertz CT molecular complexity index is 475. The van der Waals surface area contributed by atoms with E-state index >= 15 is 0 Å².